The quantitative estimate of drug-likeness (QED) is 0.577. The van der Waals surface area contributed by atoms with Crippen molar-refractivity contribution >= 4 is 22.6 Å². The third-order valence-electron chi connectivity index (χ3n) is 4.81. The highest BCUT2D eigenvalue weighted by molar-refractivity contribution is 14.1. The normalized spacial score (nSPS) is 21.7. The minimum absolute atomic E-state index is 0.735. The number of hydrogen-bond acceptors (Lipinski definition) is 1. The van der Waals surface area contributed by atoms with Crippen LogP contribution >= 0.6 is 22.6 Å². The molecule has 1 fully saturated rings. The summed E-state index contributed by atoms with van der Waals surface area (Å²) in [6, 6.07) is 17.9. The van der Waals surface area contributed by atoms with Crippen LogP contribution in [0.4, 0.5) is 0 Å². The summed E-state index contributed by atoms with van der Waals surface area (Å²) in [5.74, 6) is 1.51. The molecule has 1 nitrogen and oxygen atoms in total. The summed E-state index contributed by atoms with van der Waals surface area (Å²) in [5, 5.41) is 0. The van der Waals surface area contributed by atoms with Crippen LogP contribution in [0.5, 0.6) is 0 Å². The molecule has 3 rings (SSSR count). The third kappa shape index (κ3) is 3.90. The van der Waals surface area contributed by atoms with E-state index < -0.39 is 0 Å². The number of benzene rings is 2. The van der Waals surface area contributed by atoms with Gasteiger partial charge < -0.3 is 4.74 Å². The minimum Gasteiger partial charge on any atom is -0.384 e. The van der Waals surface area contributed by atoms with Crippen molar-refractivity contribution in [3.05, 3.63) is 57.7 Å². The molecule has 0 aromatic heterocycles. The Morgan fingerprint density at radius 2 is 1.41 bits per heavy atom. The summed E-state index contributed by atoms with van der Waals surface area (Å²) in [5.41, 5.74) is 4.12. The van der Waals surface area contributed by atoms with Crippen LogP contribution < -0.4 is 0 Å². The van der Waals surface area contributed by atoms with Crippen molar-refractivity contribution in [2.75, 3.05) is 13.7 Å². The maximum absolute atomic E-state index is 5.29. The van der Waals surface area contributed by atoms with Crippen molar-refractivity contribution in [2.24, 2.45) is 5.92 Å². The second-order valence-corrected chi connectivity index (χ2v) is 7.55. The van der Waals surface area contributed by atoms with Crippen molar-refractivity contribution in [2.45, 2.75) is 31.6 Å². The van der Waals surface area contributed by atoms with E-state index in [1.165, 1.54) is 45.9 Å². The van der Waals surface area contributed by atoms with Gasteiger partial charge in [0.2, 0.25) is 0 Å². The van der Waals surface area contributed by atoms with Crippen LogP contribution in [-0.2, 0) is 4.74 Å². The molecular weight excluding hydrogens is 383 g/mol. The highest BCUT2D eigenvalue weighted by atomic mass is 127. The molecule has 0 radical (unpaired) electrons. The largest absolute Gasteiger partial charge is 0.384 e. The van der Waals surface area contributed by atoms with E-state index in [9.17, 15) is 0 Å². The lowest BCUT2D eigenvalue weighted by Crippen LogP contribution is -2.17. The second kappa shape index (κ2) is 7.60. The van der Waals surface area contributed by atoms with Crippen molar-refractivity contribution in [1.82, 2.24) is 0 Å². The van der Waals surface area contributed by atoms with Gasteiger partial charge in [0.1, 0.15) is 0 Å². The number of hydrogen-bond donors (Lipinski definition) is 0. The molecule has 0 aliphatic heterocycles. The summed E-state index contributed by atoms with van der Waals surface area (Å²) in [6.45, 7) is 0.929. The molecule has 2 aromatic carbocycles. The molecule has 1 aliphatic carbocycles. The first kappa shape index (κ1) is 16.0. The van der Waals surface area contributed by atoms with Gasteiger partial charge in [-0.2, -0.15) is 0 Å². The lowest BCUT2D eigenvalue weighted by atomic mass is 9.79. The fraction of sp³-hybridized carbons (Fsp3) is 0.400. The van der Waals surface area contributed by atoms with Crippen LogP contribution in [0.3, 0.4) is 0 Å². The maximum Gasteiger partial charge on any atom is 0.0490 e. The molecule has 0 bridgehead atoms. The van der Waals surface area contributed by atoms with Crippen molar-refractivity contribution in [3.63, 3.8) is 0 Å². The lowest BCUT2D eigenvalue weighted by molar-refractivity contribution is 0.127. The number of ether oxygens (including phenoxy) is 1. The predicted molar refractivity (Wildman–Crippen MR) is 101 cm³/mol. The van der Waals surface area contributed by atoms with Gasteiger partial charge in [-0.1, -0.05) is 36.4 Å². The number of rotatable bonds is 4. The van der Waals surface area contributed by atoms with E-state index in [4.69, 9.17) is 4.74 Å². The Hall–Kier alpha value is -0.870. The van der Waals surface area contributed by atoms with E-state index in [0.717, 1.165) is 18.4 Å². The predicted octanol–water partition coefficient (Wildman–Crippen LogP) is 5.88. The van der Waals surface area contributed by atoms with Crippen LogP contribution in [0.1, 0.15) is 37.2 Å². The SMILES string of the molecule is COCC1CCC(c2ccc(-c3ccc(I)cc3)cc2)CC1. The fourth-order valence-corrected chi connectivity index (χ4v) is 3.85. The summed E-state index contributed by atoms with van der Waals surface area (Å²) < 4.78 is 6.58. The van der Waals surface area contributed by atoms with Gasteiger partial charge in [-0.15, -0.1) is 0 Å². The summed E-state index contributed by atoms with van der Waals surface area (Å²) in [6.07, 6.45) is 5.21. The van der Waals surface area contributed by atoms with E-state index in [2.05, 4.69) is 71.1 Å². The van der Waals surface area contributed by atoms with E-state index >= 15 is 0 Å². The molecule has 2 aromatic rings. The van der Waals surface area contributed by atoms with Gasteiger partial charge in [-0.05, 0) is 88.9 Å². The third-order valence-corrected chi connectivity index (χ3v) is 5.53. The molecule has 0 atom stereocenters. The van der Waals surface area contributed by atoms with Gasteiger partial charge in [0, 0.05) is 17.3 Å². The molecule has 1 aliphatic rings. The summed E-state index contributed by atoms with van der Waals surface area (Å²) in [4.78, 5) is 0. The topological polar surface area (TPSA) is 9.23 Å². The molecule has 2 heteroatoms. The second-order valence-electron chi connectivity index (χ2n) is 6.30. The monoisotopic (exact) mass is 406 g/mol. The Kier molecular flexibility index (Phi) is 5.53. The van der Waals surface area contributed by atoms with E-state index in [1.54, 1.807) is 0 Å². The van der Waals surface area contributed by atoms with Gasteiger partial charge in [-0.3, -0.25) is 0 Å². The Balaban J connectivity index is 1.66. The maximum atomic E-state index is 5.29. The molecule has 1 saturated carbocycles. The van der Waals surface area contributed by atoms with Crippen molar-refractivity contribution < 1.29 is 4.74 Å². The zero-order chi connectivity index (χ0) is 15.4. The molecule has 0 N–H and O–H groups in total. The van der Waals surface area contributed by atoms with Crippen molar-refractivity contribution in [1.29, 1.82) is 0 Å². The molecule has 0 heterocycles. The van der Waals surface area contributed by atoms with Gasteiger partial charge in [0.25, 0.3) is 0 Å². The molecule has 0 spiro atoms. The molecule has 0 saturated heterocycles. The molecule has 0 unspecified atom stereocenters. The van der Waals surface area contributed by atoms with Crippen molar-refractivity contribution in [3.8, 4) is 11.1 Å². The first-order valence-corrected chi connectivity index (χ1v) is 9.19. The van der Waals surface area contributed by atoms with Gasteiger partial charge in [-0.25, -0.2) is 0 Å². The minimum atomic E-state index is 0.735. The van der Waals surface area contributed by atoms with Gasteiger partial charge >= 0.3 is 0 Å². The lowest BCUT2D eigenvalue weighted by Gasteiger charge is -2.28. The zero-order valence-corrected chi connectivity index (χ0v) is 15.3. The van der Waals surface area contributed by atoms with Crippen LogP contribution in [0.25, 0.3) is 11.1 Å². The summed E-state index contributed by atoms with van der Waals surface area (Å²) >= 11 is 2.35. The Labute approximate surface area is 147 Å². The highest BCUT2D eigenvalue weighted by Gasteiger charge is 2.22. The van der Waals surface area contributed by atoms with Gasteiger partial charge in [0.15, 0.2) is 0 Å². The first-order valence-electron chi connectivity index (χ1n) is 8.11. The van der Waals surface area contributed by atoms with E-state index in [0.29, 0.717) is 0 Å². The average Bonchev–Trinajstić information content (AvgIpc) is 2.57. The summed E-state index contributed by atoms with van der Waals surface area (Å²) in [7, 11) is 1.81. The molecule has 22 heavy (non-hydrogen) atoms. The van der Waals surface area contributed by atoms with E-state index in [1.807, 2.05) is 7.11 Å². The standard InChI is InChI=1S/C20H23IO/c1-22-14-15-2-4-16(5-3-15)17-6-8-18(9-7-17)19-10-12-20(21)13-11-19/h6-13,15-16H,2-5,14H2,1H3. The van der Waals surface area contributed by atoms with Crippen LogP contribution in [0.2, 0.25) is 0 Å². The van der Waals surface area contributed by atoms with Crippen LogP contribution in [0, 0.1) is 9.49 Å². The Bertz CT molecular complexity index is 580. The zero-order valence-electron chi connectivity index (χ0n) is 13.1. The molecule has 116 valence electrons. The molecule has 0 amide bonds. The Morgan fingerprint density at radius 3 is 1.95 bits per heavy atom. The fourth-order valence-electron chi connectivity index (χ4n) is 3.49. The number of methoxy groups -OCH3 is 1. The Morgan fingerprint density at radius 1 is 0.864 bits per heavy atom. The van der Waals surface area contributed by atoms with Crippen LogP contribution in [0.15, 0.2) is 48.5 Å². The highest BCUT2D eigenvalue weighted by Crippen LogP contribution is 2.36. The van der Waals surface area contributed by atoms with Crippen LogP contribution in [-0.4, -0.2) is 13.7 Å². The molecular formula is C20H23IO. The number of halogens is 1. The average molecular weight is 406 g/mol. The smallest absolute Gasteiger partial charge is 0.0490 e. The van der Waals surface area contributed by atoms with Gasteiger partial charge in [0.05, 0.1) is 0 Å². The van der Waals surface area contributed by atoms with E-state index in [-0.39, 0.29) is 0 Å². The first-order chi connectivity index (χ1) is 10.8.